The van der Waals surface area contributed by atoms with Crippen molar-refractivity contribution in [1.82, 2.24) is 9.55 Å². The van der Waals surface area contributed by atoms with E-state index in [1.165, 1.54) is 0 Å². The monoisotopic (exact) mass is 283 g/mol. The van der Waals surface area contributed by atoms with E-state index in [9.17, 15) is 0 Å². The van der Waals surface area contributed by atoms with Crippen molar-refractivity contribution >= 4 is 34.5 Å². The van der Waals surface area contributed by atoms with Crippen LogP contribution in [0, 0.1) is 0 Å². The first-order valence-corrected chi connectivity index (χ1v) is 6.90. The number of halogens is 1. The number of aryl methyl sites for hydroxylation is 1. The van der Waals surface area contributed by atoms with Gasteiger partial charge in [0, 0.05) is 11.6 Å². The largest absolute Gasteiger partial charge is 0.323 e. The lowest BCUT2D eigenvalue weighted by molar-refractivity contribution is 0.780. The van der Waals surface area contributed by atoms with Gasteiger partial charge in [-0.1, -0.05) is 23.7 Å². The molecule has 20 heavy (non-hydrogen) atoms. The highest BCUT2D eigenvalue weighted by molar-refractivity contribution is 6.30. The van der Waals surface area contributed by atoms with Gasteiger partial charge in [0.2, 0.25) is 0 Å². The van der Waals surface area contributed by atoms with Crippen LogP contribution in [0.5, 0.6) is 0 Å². The number of hydrogen-bond acceptors (Lipinski definition) is 2. The van der Waals surface area contributed by atoms with Crippen molar-refractivity contribution in [1.29, 1.82) is 0 Å². The number of aliphatic imine (C=N–C) groups is 1. The fraction of sp³-hybridized carbons (Fsp3) is 0.125. The SMILES string of the molecule is CCn1c(C=Nc2ccc(Cl)cc2)nc2ccccc21. The van der Waals surface area contributed by atoms with Crippen LogP contribution in [0.1, 0.15) is 12.7 Å². The van der Waals surface area contributed by atoms with Crippen molar-refractivity contribution in [2.45, 2.75) is 13.5 Å². The molecule has 0 bridgehead atoms. The van der Waals surface area contributed by atoms with Gasteiger partial charge in [0.15, 0.2) is 5.82 Å². The second-order valence-corrected chi connectivity index (χ2v) is 4.87. The van der Waals surface area contributed by atoms with Crippen LogP contribution >= 0.6 is 11.6 Å². The maximum Gasteiger partial charge on any atom is 0.152 e. The molecule has 3 nitrogen and oxygen atoms in total. The van der Waals surface area contributed by atoms with Crippen LogP contribution in [0.3, 0.4) is 0 Å². The second-order valence-electron chi connectivity index (χ2n) is 4.44. The summed E-state index contributed by atoms with van der Waals surface area (Å²) in [6.07, 6.45) is 1.80. The molecule has 100 valence electrons. The van der Waals surface area contributed by atoms with Gasteiger partial charge in [-0.05, 0) is 43.3 Å². The number of fused-ring (bicyclic) bond motifs is 1. The summed E-state index contributed by atoms with van der Waals surface area (Å²) >= 11 is 5.86. The molecule has 0 spiro atoms. The van der Waals surface area contributed by atoms with E-state index in [-0.39, 0.29) is 0 Å². The Balaban J connectivity index is 1.99. The third-order valence-electron chi connectivity index (χ3n) is 3.16. The van der Waals surface area contributed by atoms with Gasteiger partial charge >= 0.3 is 0 Å². The summed E-state index contributed by atoms with van der Waals surface area (Å²) in [7, 11) is 0. The minimum Gasteiger partial charge on any atom is -0.323 e. The first kappa shape index (κ1) is 12.9. The van der Waals surface area contributed by atoms with Gasteiger partial charge in [0.1, 0.15) is 0 Å². The molecule has 4 heteroatoms. The molecular weight excluding hydrogens is 270 g/mol. The van der Waals surface area contributed by atoms with Crippen molar-refractivity contribution < 1.29 is 0 Å². The third-order valence-corrected chi connectivity index (χ3v) is 3.41. The fourth-order valence-electron chi connectivity index (χ4n) is 2.18. The van der Waals surface area contributed by atoms with Crippen LogP contribution in [-0.2, 0) is 6.54 Å². The number of hydrogen-bond donors (Lipinski definition) is 0. The predicted molar refractivity (Wildman–Crippen MR) is 84.1 cm³/mol. The maximum absolute atomic E-state index is 5.86. The fourth-order valence-corrected chi connectivity index (χ4v) is 2.31. The zero-order chi connectivity index (χ0) is 13.9. The van der Waals surface area contributed by atoms with E-state index in [1.807, 2.05) is 42.5 Å². The average Bonchev–Trinajstić information content (AvgIpc) is 2.84. The van der Waals surface area contributed by atoms with Crippen molar-refractivity contribution in [2.75, 3.05) is 0 Å². The number of rotatable bonds is 3. The lowest BCUT2D eigenvalue weighted by Gasteiger charge is -2.01. The highest BCUT2D eigenvalue weighted by Gasteiger charge is 2.06. The summed E-state index contributed by atoms with van der Waals surface area (Å²) in [5, 5.41) is 0.713. The zero-order valence-electron chi connectivity index (χ0n) is 11.1. The lowest BCUT2D eigenvalue weighted by Crippen LogP contribution is -2.00. The molecule has 0 N–H and O–H groups in total. The van der Waals surface area contributed by atoms with Gasteiger partial charge in [-0.25, -0.2) is 4.98 Å². The van der Waals surface area contributed by atoms with Crippen molar-refractivity contribution in [2.24, 2.45) is 4.99 Å². The topological polar surface area (TPSA) is 30.2 Å². The van der Waals surface area contributed by atoms with Gasteiger partial charge in [0.05, 0.1) is 22.9 Å². The molecule has 3 aromatic rings. The van der Waals surface area contributed by atoms with Crippen molar-refractivity contribution in [3.05, 3.63) is 59.4 Å². The molecule has 0 unspecified atom stereocenters. The molecule has 0 amide bonds. The summed E-state index contributed by atoms with van der Waals surface area (Å²) in [6.45, 7) is 2.97. The Labute approximate surface area is 122 Å². The minimum absolute atomic E-state index is 0.713. The first-order chi connectivity index (χ1) is 9.78. The Bertz CT molecular complexity index is 757. The second kappa shape index (κ2) is 5.47. The van der Waals surface area contributed by atoms with Crippen LogP contribution in [0.15, 0.2) is 53.5 Å². The molecular formula is C16H14ClN3. The highest BCUT2D eigenvalue weighted by Crippen LogP contribution is 2.18. The molecule has 0 fully saturated rings. The van der Waals surface area contributed by atoms with Gasteiger partial charge in [-0.3, -0.25) is 4.99 Å². The Morgan fingerprint density at radius 3 is 2.65 bits per heavy atom. The summed E-state index contributed by atoms with van der Waals surface area (Å²) in [5.41, 5.74) is 2.99. The Hall–Kier alpha value is -2.13. The van der Waals surface area contributed by atoms with E-state index in [1.54, 1.807) is 6.21 Å². The number of benzene rings is 2. The molecule has 0 aliphatic heterocycles. The Morgan fingerprint density at radius 2 is 1.90 bits per heavy atom. The van der Waals surface area contributed by atoms with E-state index in [4.69, 9.17) is 11.6 Å². The summed E-state index contributed by atoms with van der Waals surface area (Å²) in [4.78, 5) is 9.06. The average molecular weight is 284 g/mol. The molecule has 0 atom stereocenters. The van der Waals surface area contributed by atoms with Crippen LogP contribution in [-0.4, -0.2) is 15.8 Å². The molecule has 0 saturated carbocycles. The summed E-state index contributed by atoms with van der Waals surface area (Å²) < 4.78 is 2.15. The van der Waals surface area contributed by atoms with E-state index in [0.29, 0.717) is 5.02 Å². The normalized spacial score (nSPS) is 11.5. The van der Waals surface area contributed by atoms with Gasteiger partial charge < -0.3 is 4.57 Å². The van der Waals surface area contributed by atoms with Gasteiger partial charge in [0.25, 0.3) is 0 Å². The predicted octanol–water partition coefficient (Wildman–Crippen LogP) is 4.46. The minimum atomic E-state index is 0.713. The quantitative estimate of drug-likeness (QED) is 0.653. The number of nitrogens with zero attached hydrogens (tertiary/aromatic N) is 3. The van der Waals surface area contributed by atoms with E-state index in [0.717, 1.165) is 29.1 Å². The smallest absolute Gasteiger partial charge is 0.152 e. The number of aromatic nitrogens is 2. The van der Waals surface area contributed by atoms with Crippen molar-refractivity contribution in [3.8, 4) is 0 Å². The summed E-state index contributed by atoms with van der Waals surface area (Å²) in [6, 6.07) is 15.5. The van der Waals surface area contributed by atoms with Gasteiger partial charge in [-0.2, -0.15) is 0 Å². The molecule has 0 aliphatic carbocycles. The Kier molecular flexibility index (Phi) is 3.52. The molecule has 0 aliphatic rings. The molecule has 0 radical (unpaired) electrons. The van der Waals surface area contributed by atoms with Crippen molar-refractivity contribution in [3.63, 3.8) is 0 Å². The standard InChI is InChI=1S/C16H14ClN3/c1-2-20-15-6-4-3-5-14(15)19-16(20)11-18-13-9-7-12(17)8-10-13/h3-11H,2H2,1H3. The van der Waals surface area contributed by atoms with Crippen LogP contribution in [0.25, 0.3) is 11.0 Å². The molecule has 3 rings (SSSR count). The first-order valence-electron chi connectivity index (χ1n) is 6.53. The lowest BCUT2D eigenvalue weighted by atomic mass is 10.3. The third kappa shape index (κ3) is 2.45. The van der Waals surface area contributed by atoms with Crippen LogP contribution < -0.4 is 0 Å². The van der Waals surface area contributed by atoms with Crippen LogP contribution in [0.4, 0.5) is 5.69 Å². The Morgan fingerprint density at radius 1 is 1.15 bits per heavy atom. The summed E-state index contributed by atoms with van der Waals surface area (Å²) in [5.74, 6) is 0.864. The highest BCUT2D eigenvalue weighted by atomic mass is 35.5. The molecule has 2 aromatic carbocycles. The van der Waals surface area contributed by atoms with Gasteiger partial charge in [-0.15, -0.1) is 0 Å². The van der Waals surface area contributed by atoms with E-state index in [2.05, 4.69) is 27.5 Å². The molecule has 1 heterocycles. The van der Waals surface area contributed by atoms with E-state index < -0.39 is 0 Å². The zero-order valence-corrected chi connectivity index (χ0v) is 11.9. The number of para-hydroxylation sites is 2. The van der Waals surface area contributed by atoms with Crippen LogP contribution in [0.2, 0.25) is 5.02 Å². The maximum atomic E-state index is 5.86. The van der Waals surface area contributed by atoms with E-state index >= 15 is 0 Å². The molecule has 0 saturated heterocycles. The molecule has 1 aromatic heterocycles. The number of imidazole rings is 1.